The van der Waals surface area contributed by atoms with Crippen LogP contribution in [0.4, 0.5) is 4.79 Å². The third-order valence-electron chi connectivity index (χ3n) is 6.03. The normalized spacial score (nSPS) is 21.2. The van der Waals surface area contributed by atoms with E-state index in [-0.39, 0.29) is 24.3 Å². The predicted molar refractivity (Wildman–Crippen MR) is 109 cm³/mol. The Labute approximate surface area is 170 Å². The molecule has 2 aliphatic rings. The first-order valence-corrected chi connectivity index (χ1v) is 10.1. The van der Waals surface area contributed by atoms with Gasteiger partial charge in [-0.1, -0.05) is 61.5 Å². The van der Waals surface area contributed by atoms with Gasteiger partial charge >= 0.3 is 6.03 Å². The minimum atomic E-state index is -1.02. The van der Waals surface area contributed by atoms with Gasteiger partial charge in [-0.3, -0.25) is 14.5 Å². The fourth-order valence-electron chi connectivity index (χ4n) is 4.39. The molecule has 0 bridgehead atoms. The van der Waals surface area contributed by atoms with Crippen LogP contribution in [-0.2, 0) is 21.5 Å². The second kappa shape index (κ2) is 7.70. The molecule has 0 radical (unpaired) electrons. The van der Waals surface area contributed by atoms with E-state index in [0.29, 0.717) is 13.0 Å². The fourth-order valence-corrected chi connectivity index (χ4v) is 4.39. The Hall–Kier alpha value is -3.15. The quantitative estimate of drug-likeness (QED) is 0.743. The highest BCUT2D eigenvalue weighted by Gasteiger charge is 2.55. The van der Waals surface area contributed by atoms with Gasteiger partial charge in [-0.05, 0) is 36.0 Å². The minimum Gasteiger partial charge on any atom is -0.354 e. The Kier molecular flexibility index (Phi) is 5.09. The highest BCUT2D eigenvalue weighted by Crippen LogP contribution is 2.41. The Morgan fingerprint density at radius 1 is 1.14 bits per heavy atom. The number of amides is 4. The van der Waals surface area contributed by atoms with Crippen LogP contribution in [0.2, 0.25) is 0 Å². The van der Waals surface area contributed by atoms with Crippen LogP contribution < -0.4 is 10.6 Å². The molecule has 4 amide bonds. The Morgan fingerprint density at radius 2 is 1.86 bits per heavy atom. The average Bonchev–Trinajstić information content (AvgIpc) is 3.23. The van der Waals surface area contributed by atoms with Crippen molar-refractivity contribution in [3.63, 3.8) is 0 Å². The van der Waals surface area contributed by atoms with E-state index < -0.39 is 11.6 Å². The topological polar surface area (TPSA) is 78.5 Å². The maximum absolute atomic E-state index is 13.1. The van der Waals surface area contributed by atoms with Gasteiger partial charge in [0.25, 0.3) is 5.91 Å². The van der Waals surface area contributed by atoms with E-state index in [0.717, 1.165) is 34.4 Å². The summed E-state index contributed by atoms with van der Waals surface area (Å²) in [7, 11) is 0. The predicted octanol–water partition coefficient (Wildman–Crippen LogP) is 2.69. The molecule has 1 spiro atoms. The first-order valence-electron chi connectivity index (χ1n) is 10.1. The molecule has 1 fully saturated rings. The van der Waals surface area contributed by atoms with Crippen molar-refractivity contribution >= 4 is 17.8 Å². The van der Waals surface area contributed by atoms with Crippen molar-refractivity contribution in [2.24, 2.45) is 0 Å². The van der Waals surface area contributed by atoms with Gasteiger partial charge in [0.1, 0.15) is 12.1 Å². The number of benzene rings is 2. The molecule has 6 heteroatoms. The molecule has 2 N–H and O–H groups in total. The summed E-state index contributed by atoms with van der Waals surface area (Å²) < 4.78 is 0. The van der Waals surface area contributed by atoms with Gasteiger partial charge in [-0.15, -0.1) is 0 Å². The number of rotatable bonds is 6. The maximum atomic E-state index is 13.1. The van der Waals surface area contributed by atoms with Crippen molar-refractivity contribution in [2.75, 3.05) is 13.1 Å². The second-order valence-electron chi connectivity index (χ2n) is 7.70. The molecule has 1 heterocycles. The summed E-state index contributed by atoms with van der Waals surface area (Å²) >= 11 is 0. The van der Waals surface area contributed by atoms with Gasteiger partial charge in [0.2, 0.25) is 5.91 Å². The maximum Gasteiger partial charge on any atom is 0.325 e. The molecule has 1 saturated heterocycles. The molecule has 1 aliphatic carbocycles. The summed E-state index contributed by atoms with van der Waals surface area (Å²) in [6.07, 6.45) is 2.14. The lowest BCUT2D eigenvalue weighted by Crippen LogP contribution is -2.44. The van der Waals surface area contributed by atoms with Crippen LogP contribution in [0.3, 0.4) is 0 Å². The van der Waals surface area contributed by atoms with Crippen LogP contribution in [0.5, 0.6) is 0 Å². The Bertz CT molecular complexity index is 943. The number of imide groups is 1. The number of carbonyl (C=O) groups excluding carboxylic acids is 3. The number of carbonyl (C=O) groups is 3. The molecule has 150 valence electrons. The van der Waals surface area contributed by atoms with Gasteiger partial charge in [-0.25, -0.2) is 4.79 Å². The summed E-state index contributed by atoms with van der Waals surface area (Å²) in [4.78, 5) is 39.2. The Morgan fingerprint density at radius 3 is 2.62 bits per heavy atom. The number of urea groups is 1. The smallest absolute Gasteiger partial charge is 0.325 e. The first kappa shape index (κ1) is 19.2. The van der Waals surface area contributed by atoms with E-state index in [9.17, 15) is 14.4 Å². The number of hydrogen-bond acceptors (Lipinski definition) is 3. The molecule has 0 aromatic heterocycles. The molecule has 2 aromatic carbocycles. The zero-order chi connectivity index (χ0) is 20.4. The molecule has 6 nitrogen and oxygen atoms in total. The number of nitrogens with zero attached hydrogens (tertiary/aromatic N) is 1. The van der Waals surface area contributed by atoms with E-state index in [1.165, 1.54) is 0 Å². The first-order chi connectivity index (χ1) is 14.0. The molecular weight excluding hydrogens is 366 g/mol. The van der Waals surface area contributed by atoms with Gasteiger partial charge in [-0.2, -0.15) is 0 Å². The van der Waals surface area contributed by atoms with Crippen molar-refractivity contribution in [1.29, 1.82) is 0 Å². The van der Waals surface area contributed by atoms with Crippen LogP contribution >= 0.6 is 0 Å². The van der Waals surface area contributed by atoms with Crippen LogP contribution in [0.15, 0.2) is 54.6 Å². The van der Waals surface area contributed by atoms with Gasteiger partial charge in [0.15, 0.2) is 0 Å². The SMILES string of the molecule is CCC(CNC(=O)CN1C(=O)NC2(CCc3ccccc32)C1=O)c1ccccc1. The molecule has 1 aliphatic heterocycles. The van der Waals surface area contributed by atoms with E-state index >= 15 is 0 Å². The second-order valence-corrected chi connectivity index (χ2v) is 7.70. The van der Waals surface area contributed by atoms with Gasteiger partial charge in [0, 0.05) is 12.5 Å². The average molecular weight is 391 g/mol. The van der Waals surface area contributed by atoms with Gasteiger partial charge < -0.3 is 10.6 Å². The highest BCUT2D eigenvalue weighted by atomic mass is 16.2. The molecule has 29 heavy (non-hydrogen) atoms. The largest absolute Gasteiger partial charge is 0.354 e. The van der Waals surface area contributed by atoms with Crippen LogP contribution in [0.25, 0.3) is 0 Å². The lowest BCUT2D eigenvalue weighted by Gasteiger charge is -2.22. The fraction of sp³-hybridized carbons (Fsp3) is 0.348. The molecule has 2 atom stereocenters. The molecular formula is C23H25N3O3. The van der Waals surface area contributed by atoms with E-state index in [1.807, 2.05) is 54.6 Å². The van der Waals surface area contributed by atoms with Crippen LogP contribution in [0, 0.1) is 0 Å². The third kappa shape index (κ3) is 3.39. The Balaban J connectivity index is 1.42. The molecule has 2 aromatic rings. The zero-order valence-electron chi connectivity index (χ0n) is 16.5. The summed E-state index contributed by atoms with van der Waals surface area (Å²) in [5, 5.41) is 5.74. The lowest BCUT2D eigenvalue weighted by atomic mass is 9.92. The van der Waals surface area contributed by atoms with Gasteiger partial charge in [0.05, 0.1) is 0 Å². The van der Waals surface area contributed by atoms with Crippen LogP contribution in [0.1, 0.15) is 42.4 Å². The van der Waals surface area contributed by atoms with Crippen molar-refractivity contribution < 1.29 is 14.4 Å². The lowest BCUT2D eigenvalue weighted by molar-refractivity contribution is -0.135. The monoisotopic (exact) mass is 391 g/mol. The number of aryl methyl sites for hydroxylation is 1. The van der Waals surface area contributed by atoms with Crippen molar-refractivity contribution in [2.45, 2.75) is 37.6 Å². The summed E-state index contributed by atoms with van der Waals surface area (Å²) in [5.41, 5.74) is 2.05. The summed E-state index contributed by atoms with van der Waals surface area (Å²) in [6.45, 7) is 2.28. The van der Waals surface area contributed by atoms with Crippen molar-refractivity contribution in [3.8, 4) is 0 Å². The molecule has 0 saturated carbocycles. The van der Waals surface area contributed by atoms with E-state index in [4.69, 9.17) is 0 Å². The molecule has 2 unspecified atom stereocenters. The van der Waals surface area contributed by atoms with E-state index in [2.05, 4.69) is 17.6 Å². The van der Waals surface area contributed by atoms with E-state index in [1.54, 1.807) is 0 Å². The van der Waals surface area contributed by atoms with Crippen molar-refractivity contribution in [3.05, 3.63) is 71.3 Å². The van der Waals surface area contributed by atoms with Crippen LogP contribution in [-0.4, -0.2) is 35.8 Å². The summed E-state index contributed by atoms with van der Waals surface area (Å²) in [6, 6.07) is 17.2. The minimum absolute atomic E-state index is 0.191. The zero-order valence-corrected chi connectivity index (χ0v) is 16.5. The summed E-state index contributed by atoms with van der Waals surface area (Å²) in [5.74, 6) is -0.472. The number of hydrogen-bond donors (Lipinski definition) is 2. The molecule has 4 rings (SSSR count). The third-order valence-corrected chi connectivity index (χ3v) is 6.03. The highest BCUT2D eigenvalue weighted by molar-refractivity contribution is 6.09. The standard InChI is InChI=1S/C23H25N3O3/c1-2-16(17-8-4-3-5-9-17)14-24-20(27)15-26-21(28)23(25-22(26)29)13-12-18-10-6-7-11-19(18)23/h3-11,16H,2,12-15H2,1H3,(H,24,27)(H,25,29). The van der Waals surface area contributed by atoms with Crippen molar-refractivity contribution in [1.82, 2.24) is 15.5 Å². The number of fused-ring (bicyclic) bond motifs is 2. The number of nitrogens with one attached hydrogen (secondary N) is 2.